The van der Waals surface area contributed by atoms with Crippen molar-refractivity contribution in [3.8, 4) is 5.75 Å². The molecule has 88 valence electrons. The molecule has 1 aliphatic heterocycles. The summed E-state index contributed by atoms with van der Waals surface area (Å²) in [5, 5.41) is 9.75. The minimum absolute atomic E-state index is 0.376. The monoisotopic (exact) mass is 229 g/mol. The average molecular weight is 229 g/mol. The summed E-state index contributed by atoms with van der Waals surface area (Å²) in [6.07, 6.45) is 3.87. The van der Waals surface area contributed by atoms with Crippen molar-refractivity contribution in [1.82, 2.24) is 14.5 Å². The highest BCUT2D eigenvalue weighted by molar-refractivity contribution is 5.31. The van der Waals surface area contributed by atoms with Gasteiger partial charge in [0.25, 0.3) is 0 Å². The third kappa shape index (κ3) is 2.03. The predicted octanol–water partition coefficient (Wildman–Crippen LogP) is 1.60. The zero-order chi connectivity index (χ0) is 11.7. The third-order valence-electron chi connectivity index (χ3n) is 3.21. The first-order valence-electron chi connectivity index (χ1n) is 5.82. The fraction of sp³-hybridized carbons (Fsp3) is 0.308. The van der Waals surface area contributed by atoms with Crippen molar-refractivity contribution in [2.24, 2.45) is 0 Å². The fourth-order valence-corrected chi connectivity index (χ4v) is 2.24. The Morgan fingerprint density at radius 2 is 2.12 bits per heavy atom. The zero-order valence-electron chi connectivity index (χ0n) is 9.58. The largest absolute Gasteiger partial charge is 0.508 e. The third-order valence-corrected chi connectivity index (χ3v) is 3.21. The van der Waals surface area contributed by atoms with Gasteiger partial charge in [0.15, 0.2) is 0 Å². The second-order valence-electron chi connectivity index (χ2n) is 4.38. The quantitative estimate of drug-likeness (QED) is 0.850. The molecule has 0 unspecified atom stereocenters. The van der Waals surface area contributed by atoms with Crippen LogP contribution >= 0.6 is 0 Å². The number of aromatic nitrogens is 2. The maximum atomic E-state index is 9.75. The Balaban J connectivity index is 1.74. The molecule has 2 heterocycles. The van der Waals surface area contributed by atoms with E-state index in [2.05, 4.69) is 14.5 Å². The summed E-state index contributed by atoms with van der Waals surface area (Å²) in [5.41, 5.74) is 0.979. The highest BCUT2D eigenvalue weighted by atomic mass is 16.3. The number of para-hydroxylation sites is 1. The van der Waals surface area contributed by atoms with Gasteiger partial charge in [0.05, 0.1) is 6.54 Å². The SMILES string of the molecule is Oc1ccccc1CN1CCn2ccnc2C1. The van der Waals surface area contributed by atoms with Crippen LogP contribution in [0.25, 0.3) is 0 Å². The molecule has 2 aromatic rings. The Kier molecular flexibility index (Phi) is 2.57. The second kappa shape index (κ2) is 4.22. The smallest absolute Gasteiger partial charge is 0.122 e. The van der Waals surface area contributed by atoms with Gasteiger partial charge in [-0.2, -0.15) is 0 Å². The number of aromatic hydroxyl groups is 1. The molecule has 0 saturated heterocycles. The van der Waals surface area contributed by atoms with Crippen molar-refractivity contribution < 1.29 is 5.11 Å². The molecule has 4 nitrogen and oxygen atoms in total. The van der Waals surface area contributed by atoms with Crippen LogP contribution in [-0.2, 0) is 19.6 Å². The number of fused-ring (bicyclic) bond motifs is 1. The van der Waals surface area contributed by atoms with Crippen molar-refractivity contribution in [2.45, 2.75) is 19.6 Å². The van der Waals surface area contributed by atoms with E-state index < -0.39 is 0 Å². The van der Waals surface area contributed by atoms with Gasteiger partial charge in [0.2, 0.25) is 0 Å². The molecular formula is C13H15N3O. The van der Waals surface area contributed by atoms with Gasteiger partial charge in [-0.05, 0) is 6.07 Å². The molecule has 0 atom stereocenters. The summed E-state index contributed by atoms with van der Waals surface area (Å²) >= 11 is 0. The summed E-state index contributed by atoms with van der Waals surface area (Å²) in [4.78, 5) is 6.63. The molecule has 0 aliphatic carbocycles. The first-order chi connectivity index (χ1) is 8.33. The van der Waals surface area contributed by atoms with Crippen LogP contribution in [0.2, 0.25) is 0 Å². The van der Waals surface area contributed by atoms with Gasteiger partial charge in [-0.3, -0.25) is 4.90 Å². The summed E-state index contributed by atoms with van der Waals surface area (Å²) in [7, 11) is 0. The van der Waals surface area contributed by atoms with Crippen molar-refractivity contribution in [1.29, 1.82) is 0 Å². The highest BCUT2D eigenvalue weighted by Crippen LogP contribution is 2.20. The van der Waals surface area contributed by atoms with E-state index in [1.165, 1.54) is 0 Å². The summed E-state index contributed by atoms with van der Waals surface area (Å²) in [6, 6.07) is 7.51. The molecule has 3 rings (SSSR count). The van der Waals surface area contributed by atoms with Crippen LogP contribution in [0.4, 0.5) is 0 Å². The minimum atomic E-state index is 0.376. The lowest BCUT2D eigenvalue weighted by atomic mass is 10.2. The van der Waals surface area contributed by atoms with Gasteiger partial charge in [0.1, 0.15) is 11.6 Å². The lowest BCUT2D eigenvalue weighted by Gasteiger charge is -2.27. The second-order valence-corrected chi connectivity index (χ2v) is 4.38. The van der Waals surface area contributed by atoms with Crippen molar-refractivity contribution in [3.05, 3.63) is 48.0 Å². The number of hydrogen-bond acceptors (Lipinski definition) is 3. The van der Waals surface area contributed by atoms with E-state index in [1.807, 2.05) is 30.6 Å². The molecule has 0 amide bonds. The number of nitrogens with zero attached hydrogens (tertiary/aromatic N) is 3. The number of benzene rings is 1. The summed E-state index contributed by atoms with van der Waals surface area (Å²) in [5.74, 6) is 1.48. The average Bonchev–Trinajstić information content (AvgIpc) is 2.79. The van der Waals surface area contributed by atoms with E-state index in [0.29, 0.717) is 5.75 Å². The number of phenols is 1. The molecular weight excluding hydrogens is 214 g/mol. The molecule has 17 heavy (non-hydrogen) atoms. The number of rotatable bonds is 2. The van der Waals surface area contributed by atoms with E-state index in [0.717, 1.165) is 37.6 Å². The Hall–Kier alpha value is -1.81. The maximum Gasteiger partial charge on any atom is 0.122 e. The van der Waals surface area contributed by atoms with Gasteiger partial charge >= 0.3 is 0 Å². The minimum Gasteiger partial charge on any atom is -0.508 e. The van der Waals surface area contributed by atoms with Crippen LogP contribution in [-0.4, -0.2) is 26.1 Å². The van der Waals surface area contributed by atoms with Crippen molar-refractivity contribution in [2.75, 3.05) is 6.54 Å². The highest BCUT2D eigenvalue weighted by Gasteiger charge is 2.17. The summed E-state index contributed by atoms with van der Waals surface area (Å²) in [6.45, 7) is 3.60. The fourth-order valence-electron chi connectivity index (χ4n) is 2.24. The maximum absolute atomic E-state index is 9.75. The van der Waals surface area contributed by atoms with Gasteiger partial charge in [-0.25, -0.2) is 4.98 Å². The molecule has 0 spiro atoms. The van der Waals surface area contributed by atoms with E-state index in [4.69, 9.17) is 0 Å². The number of hydrogen-bond donors (Lipinski definition) is 1. The molecule has 1 aromatic carbocycles. The molecule has 0 radical (unpaired) electrons. The Morgan fingerprint density at radius 1 is 1.24 bits per heavy atom. The first kappa shape index (κ1) is 10.4. The Morgan fingerprint density at radius 3 is 3.00 bits per heavy atom. The van der Waals surface area contributed by atoms with Crippen LogP contribution in [0, 0.1) is 0 Å². The lowest BCUT2D eigenvalue weighted by Crippen LogP contribution is -2.33. The molecule has 1 aromatic heterocycles. The molecule has 4 heteroatoms. The standard InChI is InChI=1S/C13H15N3O/c17-12-4-2-1-3-11(12)9-15-7-8-16-6-5-14-13(16)10-15/h1-6,17H,7-10H2. The van der Waals surface area contributed by atoms with Crippen LogP contribution in [0.3, 0.4) is 0 Å². The van der Waals surface area contributed by atoms with Crippen molar-refractivity contribution in [3.63, 3.8) is 0 Å². The first-order valence-corrected chi connectivity index (χ1v) is 5.82. The molecule has 0 bridgehead atoms. The molecule has 1 aliphatic rings. The van der Waals surface area contributed by atoms with Crippen LogP contribution in [0.5, 0.6) is 5.75 Å². The van der Waals surface area contributed by atoms with Gasteiger partial charge in [-0.15, -0.1) is 0 Å². The lowest BCUT2D eigenvalue weighted by molar-refractivity contribution is 0.206. The topological polar surface area (TPSA) is 41.3 Å². The van der Waals surface area contributed by atoms with Crippen LogP contribution in [0.1, 0.15) is 11.4 Å². The van der Waals surface area contributed by atoms with Gasteiger partial charge in [0, 0.05) is 37.6 Å². The van der Waals surface area contributed by atoms with Gasteiger partial charge < -0.3 is 9.67 Å². The van der Waals surface area contributed by atoms with Crippen molar-refractivity contribution >= 4 is 0 Å². The molecule has 1 N–H and O–H groups in total. The van der Waals surface area contributed by atoms with E-state index in [1.54, 1.807) is 6.07 Å². The normalized spacial score (nSPS) is 15.8. The predicted molar refractivity (Wildman–Crippen MR) is 64.4 cm³/mol. The number of phenolic OH excluding ortho intramolecular Hbond substituents is 1. The molecule has 0 saturated carbocycles. The molecule has 0 fully saturated rings. The van der Waals surface area contributed by atoms with Gasteiger partial charge in [-0.1, -0.05) is 18.2 Å². The van der Waals surface area contributed by atoms with Crippen LogP contribution in [0.15, 0.2) is 36.7 Å². The number of imidazole rings is 1. The Bertz CT molecular complexity index is 521. The Labute approximate surface area is 100 Å². The summed E-state index contributed by atoms with van der Waals surface area (Å²) < 4.78 is 2.18. The van der Waals surface area contributed by atoms with E-state index >= 15 is 0 Å². The van der Waals surface area contributed by atoms with Crippen LogP contribution < -0.4 is 0 Å². The van der Waals surface area contributed by atoms with E-state index in [-0.39, 0.29) is 0 Å². The van der Waals surface area contributed by atoms with E-state index in [9.17, 15) is 5.11 Å². The zero-order valence-corrected chi connectivity index (χ0v) is 9.58.